The van der Waals surface area contributed by atoms with E-state index in [-0.39, 0.29) is 34.9 Å². The van der Waals surface area contributed by atoms with E-state index < -0.39 is 5.91 Å². The van der Waals surface area contributed by atoms with Crippen LogP contribution in [0.3, 0.4) is 0 Å². The van der Waals surface area contributed by atoms with Crippen molar-refractivity contribution >= 4 is 35.0 Å². The summed E-state index contributed by atoms with van der Waals surface area (Å²) in [5.41, 5.74) is 9.69. The average Bonchev–Trinajstić information content (AvgIpc) is 3.74. The molecule has 3 atom stereocenters. The third kappa shape index (κ3) is 6.64. The molecule has 0 spiro atoms. The second-order valence-corrected chi connectivity index (χ2v) is 14.1. The Morgan fingerprint density at radius 3 is 2.64 bits per heavy atom. The summed E-state index contributed by atoms with van der Waals surface area (Å²) in [7, 11) is 3.26. The third-order valence-electron chi connectivity index (χ3n) is 10.8. The minimum absolute atomic E-state index is 0.00186. The molecule has 6 rings (SSSR count). The van der Waals surface area contributed by atoms with E-state index in [4.69, 9.17) is 21.3 Å². The molecule has 3 amide bonds. The van der Waals surface area contributed by atoms with Crippen LogP contribution in [-0.2, 0) is 20.8 Å². The quantitative estimate of drug-likeness (QED) is 0.215. The van der Waals surface area contributed by atoms with Crippen molar-refractivity contribution in [2.75, 3.05) is 39.1 Å². The molecule has 1 saturated heterocycles. The maximum atomic E-state index is 13.1. The summed E-state index contributed by atoms with van der Waals surface area (Å²) in [5, 5.41) is 8.19. The number of fused-ring (bicyclic) bond motifs is 1. The molecular weight excluding hydrogens is 652 g/mol. The predicted molar refractivity (Wildman–Crippen MR) is 197 cm³/mol. The number of benzene rings is 2. The molecule has 3 aliphatic rings. The molecule has 1 aliphatic carbocycles. The van der Waals surface area contributed by atoms with Gasteiger partial charge in [-0.25, -0.2) is 10.4 Å². The van der Waals surface area contributed by atoms with Crippen molar-refractivity contribution in [2.45, 2.75) is 71.4 Å². The second kappa shape index (κ2) is 14.5. The number of aryl methyl sites for hydroxylation is 1. The number of pyridine rings is 1. The number of halogens is 1. The number of carbonyl (C=O) groups is 3. The molecular formula is C39H47ClN6O4. The molecule has 3 heterocycles. The summed E-state index contributed by atoms with van der Waals surface area (Å²) in [6.07, 6.45) is 6.07. The fraction of sp³-hybridized carbons (Fsp3) is 0.436. The fourth-order valence-corrected chi connectivity index (χ4v) is 7.79. The summed E-state index contributed by atoms with van der Waals surface area (Å²) >= 11 is 7.19. The number of likely N-dealkylation sites (N-methyl/N-ethyl adjacent to an activating group) is 1. The molecule has 1 fully saturated rings. The van der Waals surface area contributed by atoms with Gasteiger partial charge in [0.05, 0.1) is 23.4 Å². The number of aromatic nitrogens is 1. The lowest BCUT2D eigenvalue weighted by Gasteiger charge is -2.32. The van der Waals surface area contributed by atoms with Gasteiger partial charge in [-0.15, -0.1) is 0 Å². The number of nitrogens with one attached hydrogen (secondary N) is 3. The number of rotatable bonds is 10. The number of anilines is 1. The van der Waals surface area contributed by atoms with Crippen molar-refractivity contribution in [1.82, 2.24) is 25.6 Å². The Morgan fingerprint density at radius 2 is 1.90 bits per heavy atom. The van der Waals surface area contributed by atoms with Crippen LogP contribution in [0.2, 0.25) is 5.02 Å². The van der Waals surface area contributed by atoms with E-state index in [1.807, 2.05) is 50.2 Å². The maximum Gasteiger partial charge on any atom is 0.273 e. The first-order valence-corrected chi connectivity index (χ1v) is 17.9. The van der Waals surface area contributed by atoms with Crippen molar-refractivity contribution in [2.24, 2.45) is 5.92 Å². The molecule has 2 aromatic carbocycles. The van der Waals surface area contributed by atoms with Gasteiger partial charge in [-0.1, -0.05) is 68.8 Å². The number of likely N-dealkylation sites (tertiary alicyclic amines) is 1. The molecule has 50 heavy (non-hydrogen) atoms. The van der Waals surface area contributed by atoms with Gasteiger partial charge >= 0.3 is 0 Å². The monoisotopic (exact) mass is 698 g/mol. The number of hydrazine groups is 1. The zero-order valence-corrected chi connectivity index (χ0v) is 30.5. The Kier molecular flexibility index (Phi) is 10.3. The van der Waals surface area contributed by atoms with Gasteiger partial charge in [0, 0.05) is 61.0 Å². The van der Waals surface area contributed by atoms with E-state index in [1.54, 1.807) is 20.2 Å². The van der Waals surface area contributed by atoms with Gasteiger partial charge in [0.15, 0.2) is 0 Å². The number of hydrogen-bond donors (Lipinski definition) is 3. The highest BCUT2D eigenvalue weighted by Crippen LogP contribution is 2.46. The van der Waals surface area contributed by atoms with Gasteiger partial charge in [-0.05, 0) is 67.9 Å². The molecule has 2 aliphatic heterocycles. The molecule has 3 N–H and O–H groups in total. The molecule has 3 aromatic rings. The lowest BCUT2D eigenvalue weighted by atomic mass is 9.93. The van der Waals surface area contributed by atoms with Gasteiger partial charge in [-0.3, -0.25) is 24.3 Å². The molecule has 0 saturated carbocycles. The number of carbonyl (C=O) groups excluding carboxylic acids is 3. The molecule has 10 nitrogen and oxygen atoms in total. The highest BCUT2D eigenvalue weighted by molar-refractivity contribution is 6.36. The number of nitrogens with zero attached hydrogens (tertiary/aromatic N) is 3. The van der Waals surface area contributed by atoms with Crippen LogP contribution < -0.4 is 20.8 Å². The zero-order valence-electron chi connectivity index (χ0n) is 29.8. The van der Waals surface area contributed by atoms with Crippen LogP contribution in [0.5, 0.6) is 5.88 Å². The number of ether oxygens (including phenoxy) is 1. The minimum atomic E-state index is -0.457. The van der Waals surface area contributed by atoms with Crippen molar-refractivity contribution in [3.63, 3.8) is 0 Å². The maximum absolute atomic E-state index is 13.1. The van der Waals surface area contributed by atoms with Gasteiger partial charge < -0.3 is 15.4 Å². The number of methoxy groups -OCH3 is 1. The third-order valence-corrected chi connectivity index (χ3v) is 11.2. The van der Waals surface area contributed by atoms with Gasteiger partial charge in [0.25, 0.3) is 11.8 Å². The Balaban J connectivity index is 1.27. The van der Waals surface area contributed by atoms with E-state index in [9.17, 15) is 14.4 Å². The molecule has 11 heteroatoms. The van der Waals surface area contributed by atoms with Crippen LogP contribution in [-0.4, -0.2) is 71.9 Å². The van der Waals surface area contributed by atoms with Crippen molar-refractivity contribution in [3.8, 4) is 28.3 Å². The van der Waals surface area contributed by atoms with E-state index in [1.165, 1.54) is 10.6 Å². The molecule has 264 valence electrons. The fourth-order valence-electron chi connectivity index (χ4n) is 7.46. The van der Waals surface area contributed by atoms with Crippen LogP contribution >= 0.6 is 11.6 Å². The summed E-state index contributed by atoms with van der Waals surface area (Å²) in [6.45, 7) is 10.2. The van der Waals surface area contributed by atoms with Crippen LogP contribution in [0.15, 0.2) is 54.1 Å². The van der Waals surface area contributed by atoms with Crippen LogP contribution in [0.25, 0.3) is 22.4 Å². The summed E-state index contributed by atoms with van der Waals surface area (Å²) in [5.74, 6) is -0.106. The molecule has 0 bridgehead atoms. The topological polar surface area (TPSA) is 116 Å². The minimum Gasteiger partial charge on any atom is -0.481 e. The van der Waals surface area contributed by atoms with Crippen molar-refractivity contribution in [3.05, 3.63) is 75.8 Å². The van der Waals surface area contributed by atoms with Crippen molar-refractivity contribution in [1.29, 1.82) is 0 Å². The van der Waals surface area contributed by atoms with Gasteiger partial charge in [0.1, 0.15) is 5.57 Å². The smallest absolute Gasteiger partial charge is 0.273 e. The van der Waals surface area contributed by atoms with E-state index >= 15 is 0 Å². The lowest BCUT2D eigenvalue weighted by molar-refractivity contribution is -0.131. The van der Waals surface area contributed by atoms with E-state index in [0.717, 1.165) is 78.7 Å². The van der Waals surface area contributed by atoms with Crippen LogP contribution in [0, 0.1) is 12.8 Å². The first-order chi connectivity index (χ1) is 24.0. The van der Waals surface area contributed by atoms with E-state index in [2.05, 4.69) is 40.9 Å². The second-order valence-electron chi connectivity index (χ2n) is 13.7. The predicted octanol–water partition coefficient (Wildman–Crippen LogP) is 6.23. The normalized spacial score (nSPS) is 21.1. The Labute approximate surface area is 299 Å². The molecule has 3 unspecified atom stereocenters. The standard InChI is InChI=1S/C39H47ClN6O4/c1-7-23(3)35(47)44-39(8-2)18-20-46(22-39)32-16-15-25-21-31(43-37(50-6)33(25)32)28-13-9-12-27(34(28)40)26-11-10-14-30(24(26)4)42-36(48)29-17-19-41-45(5)38(29)49/h9-14,17,21,23,32,41H,7-8,15-16,18-20,22H2,1-6H3,(H,42,48)(H,44,47). The summed E-state index contributed by atoms with van der Waals surface area (Å²) in [4.78, 5) is 46.0. The summed E-state index contributed by atoms with van der Waals surface area (Å²) < 4.78 is 5.96. The molecule has 0 radical (unpaired) electrons. The summed E-state index contributed by atoms with van der Waals surface area (Å²) in [6, 6.07) is 13.8. The van der Waals surface area contributed by atoms with Gasteiger partial charge in [0.2, 0.25) is 11.8 Å². The molecule has 1 aromatic heterocycles. The first kappa shape index (κ1) is 35.6. The van der Waals surface area contributed by atoms with Gasteiger partial charge in [-0.2, -0.15) is 0 Å². The number of hydrogen-bond acceptors (Lipinski definition) is 7. The Hall–Kier alpha value is -4.25. The highest BCUT2D eigenvalue weighted by atomic mass is 35.5. The Morgan fingerprint density at radius 1 is 1.16 bits per heavy atom. The zero-order chi connectivity index (χ0) is 35.7. The van der Waals surface area contributed by atoms with Crippen LogP contribution in [0.1, 0.15) is 69.2 Å². The van der Waals surface area contributed by atoms with Crippen molar-refractivity contribution < 1.29 is 19.1 Å². The van der Waals surface area contributed by atoms with Crippen LogP contribution in [0.4, 0.5) is 5.69 Å². The largest absolute Gasteiger partial charge is 0.481 e. The van der Waals surface area contributed by atoms with E-state index in [0.29, 0.717) is 23.1 Å². The first-order valence-electron chi connectivity index (χ1n) is 17.6. The Bertz CT molecular complexity index is 1860. The SMILES string of the molecule is CCC(C)C(=O)NC1(CC)CCN(C2CCc3cc(-c4cccc(-c5cccc(NC(=O)C6=CCNN(C)C6=O)c5C)c4Cl)nc(OC)c32)C1. The lowest BCUT2D eigenvalue weighted by Crippen LogP contribution is -2.51. The highest BCUT2D eigenvalue weighted by Gasteiger charge is 2.43. The number of amides is 3. The average molecular weight is 699 g/mol.